The smallest absolute Gasteiger partial charge is 0.320 e. The quantitative estimate of drug-likeness (QED) is 0.638. The molecule has 0 amide bonds. The summed E-state index contributed by atoms with van der Waals surface area (Å²) in [4.78, 5) is 10.8. The summed E-state index contributed by atoms with van der Waals surface area (Å²) in [6.45, 7) is 0.905. The molecule has 0 saturated carbocycles. The molecule has 2 N–H and O–H groups in total. The monoisotopic (exact) mass is 173 g/mol. The van der Waals surface area contributed by atoms with Gasteiger partial charge in [0.15, 0.2) is 0 Å². The van der Waals surface area contributed by atoms with Crippen molar-refractivity contribution >= 4 is 5.97 Å². The van der Waals surface area contributed by atoms with Crippen molar-refractivity contribution in [1.82, 2.24) is 5.32 Å². The number of nitrogens with zero attached hydrogens (tertiary/aromatic N) is 1. The Balaban J connectivity index is 4.68. The highest BCUT2D eigenvalue weighted by Gasteiger charge is 2.19. The Morgan fingerprint density at radius 1 is 1.83 bits per heavy atom. The lowest BCUT2D eigenvalue weighted by Crippen LogP contribution is -2.41. The molecule has 0 heterocycles. The van der Waals surface area contributed by atoms with Crippen molar-refractivity contribution in [3.8, 4) is 6.07 Å². The molecule has 4 heteroatoms. The number of nitriles is 1. The molecule has 0 aromatic rings. The molecule has 0 aromatic heterocycles. The van der Waals surface area contributed by atoms with E-state index in [9.17, 15) is 4.79 Å². The first-order valence-electron chi connectivity index (χ1n) is 5.12. The number of aliphatic carboxylic acids is 1. The standard InChI is InChI=1S/C8H14N2O2/c1-6(2)7(8(11)12)10-5-3-4-9/h6-7,10H,3,5H2,1-2H3,(H,11,12)/t7-/m0/s1/i3D,5D2/t3?,7-. The lowest BCUT2D eigenvalue weighted by atomic mass is 10.1. The molecular weight excluding hydrogens is 156 g/mol. The van der Waals surface area contributed by atoms with E-state index in [2.05, 4.69) is 5.32 Å². The molecule has 0 aliphatic carbocycles. The average Bonchev–Trinajstić information content (AvgIpc) is 2.11. The van der Waals surface area contributed by atoms with Crippen molar-refractivity contribution in [3.63, 3.8) is 0 Å². The molecule has 0 radical (unpaired) electrons. The molecule has 0 aromatic carbocycles. The number of nitrogens with one attached hydrogen (secondary N) is 1. The van der Waals surface area contributed by atoms with Crippen molar-refractivity contribution in [1.29, 1.82) is 5.26 Å². The van der Waals surface area contributed by atoms with Crippen molar-refractivity contribution in [2.75, 3.05) is 6.50 Å². The molecule has 0 saturated heterocycles. The van der Waals surface area contributed by atoms with Crippen LogP contribution in [0.4, 0.5) is 0 Å². The zero-order valence-electron chi connectivity index (χ0n) is 10.0. The second-order valence-corrected chi connectivity index (χ2v) is 2.62. The van der Waals surface area contributed by atoms with Crippen molar-refractivity contribution in [3.05, 3.63) is 0 Å². The molecular formula is C8H14N2O2. The fourth-order valence-electron chi connectivity index (χ4n) is 0.677. The van der Waals surface area contributed by atoms with Gasteiger partial charge in [0.05, 0.1) is 6.07 Å². The highest BCUT2D eigenvalue weighted by atomic mass is 16.4. The molecule has 0 fully saturated rings. The van der Waals surface area contributed by atoms with Crippen LogP contribution in [0.5, 0.6) is 0 Å². The zero-order chi connectivity index (χ0) is 12.2. The molecule has 1 unspecified atom stereocenters. The number of carboxylic acid groups (broad SMARTS) is 1. The summed E-state index contributed by atoms with van der Waals surface area (Å²) in [6, 6.07) is 0.315. The Bertz CT molecular complexity index is 276. The third-order valence-corrected chi connectivity index (χ3v) is 1.31. The molecule has 0 aliphatic rings. The van der Waals surface area contributed by atoms with E-state index in [0.29, 0.717) is 0 Å². The number of hydrogen-bond acceptors (Lipinski definition) is 3. The first-order chi connectivity index (χ1) is 6.72. The van der Waals surface area contributed by atoms with Gasteiger partial charge in [0.25, 0.3) is 0 Å². The predicted octanol–water partition coefficient (Wildman–Crippen LogP) is 0.599. The molecule has 12 heavy (non-hydrogen) atoms. The molecule has 0 spiro atoms. The lowest BCUT2D eigenvalue weighted by molar-refractivity contribution is -0.140. The van der Waals surface area contributed by atoms with Crippen LogP contribution in [0.15, 0.2) is 0 Å². The Kier molecular flexibility index (Phi) is 2.98. The molecule has 0 rings (SSSR count). The van der Waals surface area contributed by atoms with E-state index in [1.165, 1.54) is 6.07 Å². The first-order valence-corrected chi connectivity index (χ1v) is 3.54. The van der Waals surface area contributed by atoms with Gasteiger partial charge in [-0.2, -0.15) is 5.26 Å². The lowest BCUT2D eigenvalue weighted by Gasteiger charge is -2.16. The molecule has 68 valence electrons. The molecule has 4 nitrogen and oxygen atoms in total. The minimum Gasteiger partial charge on any atom is -0.480 e. The van der Waals surface area contributed by atoms with Crippen LogP contribution >= 0.6 is 0 Å². The van der Waals surface area contributed by atoms with Gasteiger partial charge in [0, 0.05) is 17.0 Å². The predicted molar refractivity (Wildman–Crippen MR) is 44.5 cm³/mol. The second kappa shape index (κ2) is 5.56. The van der Waals surface area contributed by atoms with Gasteiger partial charge in [-0.15, -0.1) is 0 Å². The van der Waals surface area contributed by atoms with Gasteiger partial charge >= 0.3 is 5.97 Å². The van der Waals surface area contributed by atoms with Crippen LogP contribution in [0.1, 0.15) is 24.4 Å². The summed E-state index contributed by atoms with van der Waals surface area (Å²) in [7, 11) is 0. The second-order valence-electron chi connectivity index (χ2n) is 2.62. The van der Waals surface area contributed by atoms with Crippen molar-refractivity contribution in [2.45, 2.75) is 26.3 Å². The van der Waals surface area contributed by atoms with E-state index in [0.717, 1.165) is 0 Å². The minimum absolute atomic E-state index is 0.330. The highest BCUT2D eigenvalue weighted by molar-refractivity contribution is 5.73. The van der Waals surface area contributed by atoms with E-state index in [1.807, 2.05) is 0 Å². The Labute approximate surface area is 76.4 Å². The number of rotatable bonds is 5. The van der Waals surface area contributed by atoms with Crippen molar-refractivity contribution < 1.29 is 14.0 Å². The first kappa shape index (κ1) is 6.44. The van der Waals surface area contributed by atoms with Gasteiger partial charge in [-0.05, 0) is 5.92 Å². The van der Waals surface area contributed by atoms with Gasteiger partial charge < -0.3 is 10.4 Å². The van der Waals surface area contributed by atoms with E-state index in [-0.39, 0.29) is 5.92 Å². The highest BCUT2D eigenvalue weighted by Crippen LogP contribution is 2.00. The third-order valence-electron chi connectivity index (χ3n) is 1.31. The normalized spacial score (nSPS) is 20.0. The summed E-state index contributed by atoms with van der Waals surface area (Å²) < 4.78 is 21.8. The van der Waals surface area contributed by atoms with Crippen molar-refractivity contribution in [2.24, 2.45) is 5.92 Å². The summed E-state index contributed by atoms with van der Waals surface area (Å²) in [5, 5.41) is 19.4. The van der Waals surface area contributed by atoms with Crippen LogP contribution in [0.2, 0.25) is 0 Å². The fourth-order valence-corrected chi connectivity index (χ4v) is 0.677. The Morgan fingerprint density at radius 2 is 2.42 bits per heavy atom. The summed E-state index contributed by atoms with van der Waals surface area (Å²) >= 11 is 0. The van der Waals surface area contributed by atoms with Crippen LogP contribution in [0, 0.1) is 17.2 Å². The van der Waals surface area contributed by atoms with Crippen LogP contribution in [-0.4, -0.2) is 23.6 Å². The maximum absolute atomic E-state index is 10.8. The SMILES string of the molecule is [2H]C(C#N)C([2H])([2H])N[C@H](C(=O)O)C(C)C. The van der Waals surface area contributed by atoms with Gasteiger partial charge in [0.2, 0.25) is 0 Å². The molecule has 0 bridgehead atoms. The summed E-state index contributed by atoms with van der Waals surface area (Å²) in [6.07, 6.45) is -1.65. The fraction of sp³-hybridized carbons (Fsp3) is 0.750. The Hall–Kier alpha value is -1.08. The maximum Gasteiger partial charge on any atom is 0.320 e. The number of hydrogen-bond donors (Lipinski definition) is 2. The molecule has 2 atom stereocenters. The maximum atomic E-state index is 10.8. The van der Waals surface area contributed by atoms with Gasteiger partial charge in [0.1, 0.15) is 6.04 Å². The van der Waals surface area contributed by atoms with Crippen LogP contribution in [-0.2, 0) is 4.79 Å². The van der Waals surface area contributed by atoms with E-state index in [1.54, 1.807) is 13.8 Å². The third kappa shape index (κ3) is 3.94. The topological polar surface area (TPSA) is 73.1 Å². The number of carbonyl (C=O) groups is 1. The van der Waals surface area contributed by atoms with E-state index >= 15 is 0 Å². The van der Waals surface area contributed by atoms with Gasteiger partial charge in [-0.1, -0.05) is 13.8 Å². The van der Waals surface area contributed by atoms with Gasteiger partial charge in [-0.25, -0.2) is 0 Å². The zero-order valence-corrected chi connectivity index (χ0v) is 7.03. The number of carboxylic acids is 1. The van der Waals surface area contributed by atoms with Crippen LogP contribution in [0.3, 0.4) is 0 Å². The molecule has 0 aliphatic heterocycles. The Morgan fingerprint density at radius 3 is 2.75 bits per heavy atom. The summed E-state index contributed by atoms with van der Waals surface area (Å²) in [5.74, 6) is -1.53. The van der Waals surface area contributed by atoms with Crippen LogP contribution in [0.25, 0.3) is 0 Å². The van der Waals surface area contributed by atoms with Crippen LogP contribution < -0.4 is 5.32 Å². The largest absolute Gasteiger partial charge is 0.480 e. The summed E-state index contributed by atoms with van der Waals surface area (Å²) in [5.41, 5.74) is 0. The van der Waals surface area contributed by atoms with E-state index in [4.69, 9.17) is 14.5 Å². The van der Waals surface area contributed by atoms with E-state index < -0.39 is 24.9 Å². The average molecular weight is 173 g/mol. The minimum atomic E-state index is -2.33. The van der Waals surface area contributed by atoms with Gasteiger partial charge in [-0.3, -0.25) is 4.79 Å².